The van der Waals surface area contributed by atoms with Crippen molar-refractivity contribution in [1.29, 1.82) is 0 Å². The number of thioether (sulfide) groups is 1. The number of hydrogen-bond acceptors (Lipinski definition) is 4. The summed E-state index contributed by atoms with van der Waals surface area (Å²) in [6.45, 7) is 2.42. The highest BCUT2D eigenvalue weighted by atomic mass is 32.2. The van der Waals surface area contributed by atoms with E-state index >= 15 is 0 Å². The molecule has 0 heterocycles. The second-order valence-corrected chi connectivity index (χ2v) is 5.42. The van der Waals surface area contributed by atoms with Crippen LogP contribution in [0.25, 0.3) is 0 Å². The van der Waals surface area contributed by atoms with Gasteiger partial charge in [0.2, 0.25) is 5.91 Å². The summed E-state index contributed by atoms with van der Waals surface area (Å²) in [6.07, 6.45) is 2.65. The van der Waals surface area contributed by atoms with Gasteiger partial charge in [-0.1, -0.05) is 19.1 Å². The summed E-state index contributed by atoms with van der Waals surface area (Å²) < 4.78 is 5.16. The third-order valence-electron chi connectivity index (χ3n) is 2.81. The summed E-state index contributed by atoms with van der Waals surface area (Å²) in [6, 6.07) is 6.96. The molecule has 1 aromatic carbocycles. The second-order valence-electron chi connectivity index (χ2n) is 4.54. The molecule has 0 radical (unpaired) electrons. The van der Waals surface area contributed by atoms with Crippen LogP contribution in [0.15, 0.2) is 29.2 Å². The average Bonchev–Trinajstić information content (AvgIpc) is 2.46. The van der Waals surface area contributed by atoms with Crippen LogP contribution in [-0.2, 0) is 14.3 Å². The summed E-state index contributed by atoms with van der Waals surface area (Å²) in [4.78, 5) is 23.8. The fraction of sp³-hybridized carbons (Fsp3) is 0.467. The molecular weight excluding hydrogens is 290 g/mol. The van der Waals surface area contributed by atoms with E-state index in [0.717, 1.165) is 16.9 Å². The van der Waals surface area contributed by atoms with Crippen LogP contribution in [0.3, 0.4) is 0 Å². The lowest BCUT2D eigenvalue weighted by atomic mass is 10.0. The van der Waals surface area contributed by atoms with Gasteiger partial charge in [-0.2, -0.15) is 0 Å². The maximum absolute atomic E-state index is 11.8. The molecule has 21 heavy (non-hydrogen) atoms. The number of carboxylic acid groups (broad SMARTS) is 1. The highest BCUT2D eigenvalue weighted by Crippen LogP contribution is 2.21. The Morgan fingerprint density at radius 2 is 2.00 bits per heavy atom. The largest absolute Gasteiger partial charge is 0.481 e. The molecule has 0 saturated carbocycles. The van der Waals surface area contributed by atoms with Crippen molar-refractivity contribution in [2.24, 2.45) is 0 Å². The van der Waals surface area contributed by atoms with Crippen LogP contribution in [0, 0.1) is 0 Å². The number of hydrogen-bond donors (Lipinski definition) is 2. The standard InChI is InChI=1S/C15H21NO4S/c1-3-8-20-10-14(17)16-13(9-15(18)19)11-4-6-12(21-2)7-5-11/h4-7,13H,3,8-10H2,1-2H3,(H,16,17)(H,18,19). The number of ether oxygens (including phenoxy) is 1. The summed E-state index contributed by atoms with van der Waals surface area (Å²) in [7, 11) is 0. The van der Waals surface area contributed by atoms with Crippen molar-refractivity contribution in [1.82, 2.24) is 5.32 Å². The maximum atomic E-state index is 11.8. The topological polar surface area (TPSA) is 75.6 Å². The van der Waals surface area contributed by atoms with Crippen molar-refractivity contribution >= 4 is 23.6 Å². The molecule has 2 N–H and O–H groups in total. The number of nitrogens with one attached hydrogen (secondary N) is 1. The molecule has 0 saturated heterocycles. The number of rotatable bonds is 9. The zero-order valence-electron chi connectivity index (χ0n) is 12.3. The minimum Gasteiger partial charge on any atom is -0.481 e. The van der Waals surface area contributed by atoms with Crippen LogP contribution < -0.4 is 5.32 Å². The van der Waals surface area contributed by atoms with Crippen molar-refractivity contribution in [3.05, 3.63) is 29.8 Å². The van der Waals surface area contributed by atoms with Gasteiger partial charge in [-0.05, 0) is 30.4 Å². The Kier molecular flexibility index (Phi) is 7.85. The molecule has 1 rings (SSSR count). The highest BCUT2D eigenvalue weighted by Gasteiger charge is 2.18. The molecule has 1 unspecified atom stereocenters. The third-order valence-corrected chi connectivity index (χ3v) is 3.56. The van der Waals surface area contributed by atoms with Crippen LogP contribution in [0.2, 0.25) is 0 Å². The van der Waals surface area contributed by atoms with E-state index in [0.29, 0.717) is 6.61 Å². The van der Waals surface area contributed by atoms with Crippen LogP contribution in [-0.4, -0.2) is 36.5 Å². The number of carboxylic acids is 1. The first-order chi connectivity index (χ1) is 10.1. The number of carbonyl (C=O) groups is 2. The van der Waals surface area contributed by atoms with Gasteiger partial charge in [0.15, 0.2) is 0 Å². The fourth-order valence-corrected chi connectivity index (χ4v) is 2.22. The van der Waals surface area contributed by atoms with Crippen LogP contribution >= 0.6 is 11.8 Å². The van der Waals surface area contributed by atoms with Gasteiger partial charge in [0, 0.05) is 11.5 Å². The lowest BCUT2D eigenvalue weighted by Crippen LogP contribution is -2.33. The molecule has 0 spiro atoms. The van der Waals surface area contributed by atoms with Gasteiger partial charge in [0.1, 0.15) is 6.61 Å². The van der Waals surface area contributed by atoms with Gasteiger partial charge in [0.25, 0.3) is 0 Å². The Morgan fingerprint density at radius 3 is 2.52 bits per heavy atom. The minimum absolute atomic E-state index is 0.0488. The van der Waals surface area contributed by atoms with Gasteiger partial charge in [0.05, 0.1) is 12.5 Å². The number of carbonyl (C=O) groups excluding carboxylic acids is 1. The number of aliphatic carboxylic acids is 1. The molecule has 0 aromatic heterocycles. The van der Waals surface area contributed by atoms with Crippen molar-refractivity contribution in [2.45, 2.75) is 30.7 Å². The molecule has 0 aliphatic rings. The smallest absolute Gasteiger partial charge is 0.305 e. The van der Waals surface area contributed by atoms with Crippen molar-refractivity contribution in [3.8, 4) is 0 Å². The third kappa shape index (κ3) is 6.64. The van der Waals surface area contributed by atoms with Crippen molar-refractivity contribution in [3.63, 3.8) is 0 Å². The van der Waals surface area contributed by atoms with E-state index < -0.39 is 12.0 Å². The van der Waals surface area contributed by atoms with E-state index in [2.05, 4.69) is 5.32 Å². The molecule has 116 valence electrons. The number of benzene rings is 1. The van der Waals surface area contributed by atoms with Gasteiger partial charge in [-0.15, -0.1) is 11.8 Å². The fourth-order valence-electron chi connectivity index (χ4n) is 1.81. The monoisotopic (exact) mass is 311 g/mol. The first-order valence-corrected chi connectivity index (χ1v) is 8.02. The Bertz CT molecular complexity index is 461. The molecule has 1 amide bonds. The Labute approximate surface area is 129 Å². The molecule has 0 fully saturated rings. The Balaban J connectivity index is 2.70. The van der Waals surface area contributed by atoms with Gasteiger partial charge >= 0.3 is 5.97 Å². The molecule has 0 aliphatic carbocycles. The maximum Gasteiger partial charge on any atom is 0.305 e. The molecule has 6 heteroatoms. The first-order valence-electron chi connectivity index (χ1n) is 6.79. The van der Waals surface area contributed by atoms with E-state index in [1.807, 2.05) is 37.4 Å². The lowest BCUT2D eigenvalue weighted by molar-refractivity contribution is -0.138. The Morgan fingerprint density at radius 1 is 1.33 bits per heavy atom. The SMILES string of the molecule is CCCOCC(=O)NC(CC(=O)O)c1ccc(SC)cc1. The quantitative estimate of drug-likeness (QED) is 0.541. The summed E-state index contributed by atoms with van der Waals surface area (Å²) in [5.41, 5.74) is 0.777. The van der Waals surface area contributed by atoms with E-state index in [4.69, 9.17) is 9.84 Å². The zero-order valence-corrected chi connectivity index (χ0v) is 13.1. The molecule has 1 aromatic rings. The molecular formula is C15H21NO4S. The average molecular weight is 311 g/mol. The minimum atomic E-state index is -0.955. The van der Waals surface area contributed by atoms with Crippen LogP contribution in [0.5, 0.6) is 0 Å². The van der Waals surface area contributed by atoms with E-state index in [-0.39, 0.29) is 18.9 Å². The van der Waals surface area contributed by atoms with Crippen molar-refractivity contribution in [2.75, 3.05) is 19.5 Å². The van der Waals surface area contributed by atoms with E-state index in [9.17, 15) is 9.59 Å². The number of amides is 1. The van der Waals surface area contributed by atoms with Gasteiger partial charge in [-0.25, -0.2) is 0 Å². The molecule has 5 nitrogen and oxygen atoms in total. The molecule has 1 atom stereocenters. The lowest BCUT2D eigenvalue weighted by Gasteiger charge is -2.17. The van der Waals surface area contributed by atoms with Gasteiger partial charge < -0.3 is 15.2 Å². The highest BCUT2D eigenvalue weighted by molar-refractivity contribution is 7.98. The van der Waals surface area contributed by atoms with E-state index in [1.54, 1.807) is 11.8 Å². The predicted molar refractivity (Wildman–Crippen MR) is 82.5 cm³/mol. The summed E-state index contributed by atoms with van der Waals surface area (Å²) in [5.74, 6) is -1.26. The first kappa shape index (κ1) is 17.5. The predicted octanol–water partition coefficient (Wildman–Crippen LogP) is 2.47. The van der Waals surface area contributed by atoms with Crippen molar-refractivity contribution < 1.29 is 19.4 Å². The normalized spacial score (nSPS) is 11.9. The Hall–Kier alpha value is -1.53. The molecule has 0 aliphatic heterocycles. The van der Waals surface area contributed by atoms with Crippen LogP contribution in [0.4, 0.5) is 0 Å². The zero-order chi connectivity index (χ0) is 15.7. The molecule has 0 bridgehead atoms. The summed E-state index contributed by atoms with van der Waals surface area (Å²) >= 11 is 1.61. The van der Waals surface area contributed by atoms with Crippen LogP contribution in [0.1, 0.15) is 31.4 Å². The van der Waals surface area contributed by atoms with E-state index in [1.165, 1.54) is 0 Å². The second kappa shape index (κ2) is 9.41. The summed E-state index contributed by atoms with van der Waals surface area (Å²) in [5, 5.41) is 11.7. The van der Waals surface area contributed by atoms with Gasteiger partial charge in [-0.3, -0.25) is 9.59 Å².